The molecule has 0 fully saturated rings. The predicted molar refractivity (Wildman–Crippen MR) is 116 cm³/mol. The van der Waals surface area contributed by atoms with Gasteiger partial charge in [-0.3, -0.25) is 0 Å². The number of urea groups is 1. The highest BCUT2D eigenvalue weighted by Gasteiger charge is 2.40. The molecule has 1 heterocycles. The van der Waals surface area contributed by atoms with Crippen LogP contribution in [-0.4, -0.2) is 43.6 Å². The SMILES string of the molecule is COc1ccc(-c2nc(CCNC(=O)Nc3cccc(COCC(F)(F)C(F)F)c3)co2)cc1. The molecular formula is C23H23F4N3O4. The minimum atomic E-state index is -4.21. The number of benzene rings is 2. The summed E-state index contributed by atoms with van der Waals surface area (Å²) in [6, 6.07) is 13.0. The van der Waals surface area contributed by atoms with E-state index >= 15 is 0 Å². The lowest BCUT2D eigenvalue weighted by Crippen LogP contribution is -2.32. The van der Waals surface area contributed by atoms with Crippen molar-refractivity contribution in [3.05, 3.63) is 66.1 Å². The van der Waals surface area contributed by atoms with Crippen molar-refractivity contribution in [2.24, 2.45) is 0 Å². The fourth-order valence-electron chi connectivity index (χ4n) is 2.87. The summed E-state index contributed by atoms with van der Waals surface area (Å²) in [5.41, 5.74) is 2.28. The molecular weight excluding hydrogens is 458 g/mol. The van der Waals surface area contributed by atoms with E-state index in [0.29, 0.717) is 29.3 Å². The number of oxazole rings is 1. The third-order valence-corrected chi connectivity index (χ3v) is 4.62. The van der Waals surface area contributed by atoms with Gasteiger partial charge in [0, 0.05) is 24.2 Å². The Labute approximate surface area is 193 Å². The summed E-state index contributed by atoms with van der Waals surface area (Å²) in [6.45, 7) is -1.42. The predicted octanol–water partition coefficient (Wildman–Crippen LogP) is 5.13. The van der Waals surface area contributed by atoms with Gasteiger partial charge >= 0.3 is 18.4 Å². The van der Waals surface area contributed by atoms with Gasteiger partial charge in [0.2, 0.25) is 5.89 Å². The van der Waals surface area contributed by atoms with E-state index in [1.807, 2.05) is 12.1 Å². The number of nitrogens with one attached hydrogen (secondary N) is 2. The van der Waals surface area contributed by atoms with E-state index in [2.05, 4.69) is 20.4 Å². The number of methoxy groups -OCH3 is 1. The summed E-state index contributed by atoms with van der Waals surface area (Å²) < 4.78 is 65.4. The summed E-state index contributed by atoms with van der Waals surface area (Å²) in [6.07, 6.45) is -1.85. The van der Waals surface area contributed by atoms with Crippen LogP contribution in [0.3, 0.4) is 0 Å². The zero-order chi connectivity index (χ0) is 24.6. The molecule has 0 saturated heterocycles. The summed E-state index contributed by atoms with van der Waals surface area (Å²) in [7, 11) is 1.58. The number of nitrogens with zero attached hydrogens (tertiary/aromatic N) is 1. The minimum Gasteiger partial charge on any atom is -0.497 e. The molecule has 3 rings (SSSR count). The molecule has 0 unspecified atom stereocenters. The van der Waals surface area contributed by atoms with Gasteiger partial charge in [-0.25, -0.2) is 18.6 Å². The summed E-state index contributed by atoms with van der Waals surface area (Å²) in [5, 5.41) is 5.28. The second-order valence-electron chi connectivity index (χ2n) is 7.26. The topological polar surface area (TPSA) is 85.6 Å². The van der Waals surface area contributed by atoms with E-state index in [9.17, 15) is 22.4 Å². The van der Waals surface area contributed by atoms with Crippen molar-refractivity contribution in [1.82, 2.24) is 10.3 Å². The maximum atomic E-state index is 12.9. The molecule has 0 spiro atoms. The largest absolute Gasteiger partial charge is 0.497 e. The Morgan fingerprint density at radius 1 is 1.18 bits per heavy atom. The number of amides is 2. The number of hydrogen-bond acceptors (Lipinski definition) is 5. The number of carbonyl (C=O) groups excluding carboxylic acids is 1. The van der Waals surface area contributed by atoms with Crippen LogP contribution in [0.25, 0.3) is 11.5 Å². The lowest BCUT2D eigenvalue weighted by atomic mass is 10.2. The first-order valence-electron chi connectivity index (χ1n) is 10.2. The van der Waals surface area contributed by atoms with Crippen LogP contribution in [0.15, 0.2) is 59.2 Å². The van der Waals surface area contributed by atoms with Crippen LogP contribution in [0.4, 0.5) is 28.0 Å². The second kappa shape index (κ2) is 11.5. The normalized spacial score (nSPS) is 11.5. The molecule has 0 aliphatic rings. The van der Waals surface area contributed by atoms with Crippen LogP contribution < -0.4 is 15.4 Å². The van der Waals surface area contributed by atoms with Gasteiger partial charge in [0.15, 0.2) is 0 Å². The van der Waals surface area contributed by atoms with E-state index < -0.39 is 25.0 Å². The Morgan fingerprint density at radius 3 is 2.65 bits per heavy atom. The lowest BCUT2D eigenvalue weighted by Gasteiger charge is -2.15. The van der Waals surface area contributed by atoms with E-state index in [-0.39, 0.29) is 13.2 Å². The van der Waals surface area contributed by atoms with Crippen molar-refractivity contribution in [2.75, 3.05) is 25.6 Å². The van der Waals surface area contributed by atoms with Crippen LogP contribution in [0, 0.1) is 0 Å². The summed E-state index contributed by atoms with van der Waals surface area (Å²) in [5.74, 6) is -3.04. The van der Waals surface area contributed by atoms with E-state index in [1.165, 1.54) is 12.3 Å². The highest BCUT2D eigenvalue weighted by molar-refractivity contribution is 5.89. The Kier molecular flexibility index (Phi) is 8.47. The second-order valence-corrected chi connectivity index (χ2v) is 7.26. The monoisotopic (exact) mass is 481 g/mol. The van der Waals surface area contributed by atoms with Crippen molar-refractivity contribution in [2.45, 2.75) is 25.4 Å². The van der Waals surface area contributed by atoms with E-state index in [4.69, 9.17) is 9.15 Å². The molecule has 0 radical (unpaired) electrons. The van der Waals surface area contributed by atoms with Gasteiger partial charge in [-0.2, -0.15) is 8.78 Å². The van der Waals surface area contributed by atoms with E-state index in [0.717, 1.165) is 11.3 Å². The molecule has 182 valence electrons. The summed E-state index contributed by atoms with van der Waals surface area (Å²) >= 11 is 0. The maximum absolute atomic E-state index is 12.9. The van der Waals surface area contributed by atoms with Gasteiger partial charge in [0.05, 0.1) is 19.4 Å². The van der Waals surface area contributed by atoms with Crippen molar-refractivity contribution in [3.63, 3.8) is 0 Å². The molecule has 3 aromatic rings. The molecule has 2 amide bonds. The lowest BCUT2D eigenvalue weighted by molar-refractivity contribution is -0.168. The Hall–Kier alpha value is -3.60. The molecule has 1 aromatic heterocycles. The number of hydrogen-bond donors (Lipinski definition) is 2. The number of ether oxygens (including phenoxy) is 2. The average Bonchev–Trinajstić information content (AvgIpc) is 3.28. The quantitative estimate of drug-likeness (QED) is 0.371. The van der Waals surface area contributed by atoms with Crippen molar-refractivity contribution in [3.8, 4) is 17.2 Å². The Bertz CT molecular complexity index is 1070. The Morgan fingerprint density at radius 2 is 1.94 bits per heavy atom. The molecule has 7 nitrogen and oxygen atoms in total. The van der Waals surface area contributed by atoms with Crippen LogP contribution in [0.5, 0.6) is 5.75 Å². The molecule has 0 aliphatic heterocycles. The van der Waals surface area contributed by atoms with Gasteiger partial charge in [-0.05, 0) is 42.0 Å². The molecule has 0 bridgehead atoms. The van der Waals surface area contributed by atoms with Crippen molar-refractivity contribution < 1.29 is 36.2 Å². The number of rotatable bonds is 11. The number of alkyl halides is 4. The first-order chi connectivity index (χ1) is 16.3. The standard InChI is InChI=1S/C23H23F4N3O4/c1-32-19-7-5-16(6-8-19)20-29-18(13-34-20)9-10-28-22(31)30-17-4-2-3-15(11-17)12-33-14-23(26,27)21(24)25/h2-8,11,13,21H,9-10,12,14H2,1H3,(H2,28,30,31). The van der Waals surface area contributed by atoms with Gasteiger partial charge in [-0.15, -0.1) is 0 Å². The molecule has 2 aromatic carbocycles. The number of anilines is 1. The van der Waals surface area contributed by atoms with Crippen molar-refractivity contribution in [1.29, 1.82) is 0 Å². The fourth-order valence-corrected chi connectivity index (χ4v) is 2.87. The third kappa shape index (κ3) is 7.20. The average molecular weight is 481 g/mol. The van der Waals surface area contributed by atoms with Crippen molar-refractivity contribution >= 4 is 11.7 Å². The zero-order valence-corrected chi connectivity index (χ0v) is 18.2. The Balaban J connectivity index is 1.43. The highest BCUT2D eigenvalue weighted by atomic mass is 19.3. The highest BCUT2D eigenvalue weighted by Crippen LogP contribution is 2.24. The van der Waals surface area contributed by atoms with Crippen LogP contribution in [0.1, 0.15) is 11.3 Å². The van der Waals surface area contributed by atoms with Crippen LogP contribution in [-0.2, 0) is 17.8 Å². The van der Waals surface area contributed by atoms with Crippen LogP contribution in [0.2, 0.25) is 0 Å². The smallest absolute Gasteiger partial charge is 0.330 e. The molecule has 2 N–H and O–H groups in total. The third-order valence-electron chi connectivity index (χ3n) is 4.62. The number of aromatic nitrogens is 1. The van der Waals surface area contributed by atoms with Gasteiger partial charge in [-0.1, -0.05) is 12.1 Å². The molecule has 34 heavy (non-hydrogen) atoms. The van der Waals surface area contributed by atoms with Crippen LogP contribution >= 0.6 is 0 Å². The summed E-state index contributed by atoms with van der Waals surface area (Å²) in [4.78, 5) is 16.5. The zero-order valence-electron chi connectivity index (χ0n) is 18.2. The maximum Gasteiger partial charge on any atom is 0.330 e. The number of halogens is 4. The van der Waals surface area contributed by atoms with Gasteiger partial charge in [0.1, 0.15) is 18.6 Å². The van der Waals surface area contributed by atoms with Gasteiger partial charge < -0.3 is 24.5 Å². The van der Waals surface area contributed by atoms with Gasteiger partial charge in [0.25, 0.3) is 0 Å². The fraction of sp³-hybridized carbons (Fsp3) is 0.304. The molecule has 0 atom stereocenters. The first-order valence-corrected chi connectivity index (χ1v) is 10.2. The first kappa shape index (κ1) is 25.0. The number of carbonyl (C=O) groups is 1. The van der Waals surface area contributed by atoms with E-state index in [1.54, 1.807) is 37.4 Å². The molecule has 11 heteroatoms. The molecule has 0 saturated carbocycles. The minimum absolute atomic E-state index is 0.284. The molecule has 0 aliphatic carbocycles.